The Bertz CT molecular complexity index is 764. The fourth-order valence-electron chi connectivity index (χ4n) is 2.42. The van der Waals surface area contributed by atoms with Gasteiger partial charge in [0.15, 0.2) is 5.65 Å². The molecule has 2 amide bonds. The van der Waals surface area contributed by atoms with Crippen molar-refractivity contribution in [3.63, 3.8) is 0 Å². The van der Waals surface area contributed by atoms with Gasteiger partial charge in [0.05, 0.1) is 30.7 Å². The first kappa shape index (κ1) is 20.1. The summed E-state index contributed by atoms with van der Waals surface area (Å²) in [7, 11) is 1.52. The summed E-state index contributed by atoms with van der Waals surface area (Å²) in [4.78, 5) is 26.8. The van der Waals surface area contributed by atoms with E-state index in [2.05, 4.69) is 26.8 Å². The fraction of sp³-hybridized carbons (Fsp3) is 0.471. The molecule has 134 valence electrons. The summed E-state index contributed by atoms with van der Waals surface area (Å²) >= 11 is 0. The minimum absolute atomic E-state index is 0.262. The van der Waals surface area contributed by atoms with Crippen LogP contribution in [0.4, 0.5) is 0 Å². The van der Waals surface area contributed by atoms with Crippen LogP contribution in [0.25, 0.3) is 5.65 Å². The van der Waals surface area contributed by atoms with Gasteiger partial charge >= 0.3 is 0 Å². The second-order valence-electron chi connectivity index (χ2n) is 5.20. The zero-order valence-electron chi connectivity index (χ0n) is 15.0. The molecular formula is C17H24N6O2. The van der Waals surface area contributed by atoms with Crippen molar-refractivity contribution in [3.8, 4) is 6.07 Å². The largest absolute Gasteiger partial charge is 0.358 e. The van der Waals surface area contributed by atoms with E-state index in [4.69, 9.17) is 0 Å². The third-order valence-corrected chi connectivity index (χ3v) is 3.78. The Balaban J connectivity index is 0.00000151. The number of aromatic nitrogens is 3. The smallest absolute Gasteiger partial charge is 0.240 e. The maximum Gasteiger partial charge on any atom is 0.240 e. The highest BCUT2D eigenvalue weighted by molar-refractivity contribution is 5.85. The number of amides is 2. The van der Waals surface area contributed by atoms with Gasteiger partial charge in [-0.05, 0) is 18.1 Å². The van der Waals surface area contributed by atoms with Gasteiger partial charge < -0.3 is 10.6 Å². The van der Waals surface area contributed by atoms with Crippen LogP contribution in [0.1, 0.15) is 38.4 Å². The zero-order chi connectivity index (χ0) is 18.9. The molecule has 0 aliphatic carbocycles. The molecule has 0 spiro atoms. The Kier molecular flexibility index (Phi) is 7.53. The molecule has 1 atom stereocenters. The SMILES string of the molecule is CC.CCC(C#N)(Cc1cnn2cc(CNC=O)nc2c1)C(=O)NC. The normalized spacial score (nSPS) is 12.3. The maximum absolute atomic E-state index is 12.1. The third-order valence-electron chi connectivity index (χ3n) is 3.78. The van der Waals surface area contributed by atoms with Gasteiger partial charge in [-0.15, -0.1) is 0 Å². The highest BCUT2D eigenvalue weighted by Crippen LogP contribution is 2.27. The van der Waals surface area contributed by atoms with E-state index in [-0.39, 0.29) is 12.3 Å². The number of fused-ring (bicyclic) bond motifs is 1. The molecule has 0 aliphatic heterocycles. The quantitative estimate of drug-likeness (QED) is 0.733. The molecule has 2 N–H and O–H groups in total. The lowest BCUT2D eigenvalue weighted by Crippen LogP contribution is -2.39. The standard InChI is InChI=1S/C15H18N6O2.C2H6/c1-3-15(9-16,14(23)17-2)5-11-4-13-20-12(7-18-10-22)8-21(13)19-6-11;1-2/h4,6,8,10H,3,5,7H2,1-2H3,(H,17,23)(H,18,22);1-2H3. The Labute approximate surface area is 147 Å². The van der Waals surface area contributed by atoms with Crippen LogP contribution >= 0.6 is 0 Å². The van der Waals surface area contributed by atoms with Gasteiger partial charge in [-0.3, -0.25) is 9.59 Å². The molecule has 2 aromatic heterocycles. The first-order valence-electron chi connectivity index (χ1n) is 8.22. The monoisotopic (exact) mass is 344 g/mol. The van der Waals surface area contributed by atoms with E-state index in [1.54, 1.807) is 23.0 Å². The van der Waals surface area contributed by atoms with Crippen molar-refractivity contribution in [2.75, 3.05) is 7.05 Å². The summed E-state index contributed by atoms with van der Waals surface area (Å²) in [6, 6.07) is 3.92. The summed E-state index contributed by atoms with van der Waals surface area (Å²) < 4.78 is 1.59. The van der Waals surface area contributed by atoms with Crippen LogP contribution in [0.15, 0.2) is 18.5 Å². The molecule has 25 heavy (non-hydrogen) atoms. The lowest BCUT2D eigenvalue weighted by molar-refractivity contribution is -0.127. The van der Waals surface area contributed by atoms with E-state index in [9.17, 15) is 14.9 Å². The summed E-state index contributed by atoms with van der Waals surface area (Å²) in [6.45, 7) is 6.13. The van der Waals surface area contributed by atoms with Crippen molar-refractivity contribution in [2.24, 2.45) is 5.41 Å². The molecule has 2 rings (SSSR count). The molecule has 0 radical (unpaired) electrons. The molecule has 0 fully saturated rings. The van der Waals surface area contributed by atoms with Gasteiger partial charge in [-0.1, -0.05) is 20.8 Å². The first-order chi connectivity index (χ1) is 12.1. The van der Waals surface area contributed by atoms with Crippen LogP contribution in [0.2, 0.25) is 0 Å². The van der Waals surface area contributed by atoms with E-state index < -0.39 is 5.41 Å². The first-order valence-corrected chi connectivity index (χ1v) is 8.22. The van der Waals surface area contributed by atoms with Gasteiger partial charge in [0.2, 0.25) is 12.3 Å². The van der Waals surface area contributed by atoms with Crippen LogP contribution < -0.4 is 10.6 Å². The molecule has 0 saturated carbocycles. The number of imidazole rings is 1. The lowest BCUT2D eigenvalue weighted by Gasteiger charge is -2.22. The minimum Gasteiger partial charge on any atom is -0.358 e. The number of carbonyl (C=O) groups excluding carboxylic acids is 2. The van der Waals surface area contributed by atoms with Crippen molar-refractivity contribution in [1.29, 1.82) is 5.26 Å². The Morgan fingerprint density at radius 3 is 2.76 bits per heavy atom. The Morgan fingerprint density at radius 2 is 2.20 bits per heavy atom. The Morgan fingerprint density at radius 1 is 1.48 bits per heavy atom. The van der Waals surface area contributed by atoms with Gasteiger partial charge in [-0.2, -0.15) is 10.4 Å². The molecule has 2 heterocycles. The number of nitrogens with one attached hydrogen (secondary N) is 2. The molecule has 0 bridgehead atoms. The number of nitriles is 1. The van der Waals surface area contributed by atoms with Crippen LogP contribution in [0, 0.1) is 16.7 Å². The Hall–Kier alpha value is -2.95. The molecule has 0 aliphatic rings. The third kappa shape index (κ3) is 4.53. The molecule has 2 aromatic rings. The molecular weight excluding hydrogens is 320 g/mol. The number of hydrogen-bond acceptors (Lipinski definition) is 5. The van der Waals surface area contributed by atoms with Crippen molar-refractivity contribution in [2.45, 2.75) is 40.2 Å². The van der Waals surface area contributed by atoms with Crippen LogP contribution in [-0.2, 0) is 22.6 Å². The zero-order valence-corrected chi connectivity index (χ0v) is 15.0. The van der Waals surface area contributed by atoms with E-state index in [1.165, 1.54) is 7.05 Å². The highest BCUT2D eigenvalue weighted by atomic mass is 16.2. The number of rotatable bonds is 7. The van der Waals surface area contributed by atoms with Gasteiger partial charge in [0, 0.05) is 13.5 Å². The molecule has 1 unspecified atom stereocenters. The van der Waals surface area contributed by atoms with E-state index >= 15 is 0 Å². The molecule has 0 aromatic carbocycles. The number of carbonyl (C=O) groups is 2. The highest BCUT2D eigenvalue weighted by Gasteiger charge is 2.36. The summed E-state index contributed by atoms with van der Waals surface area (Å²) in [5.41, 5.74) is 0.911. The van der Waals surface area contributed by atoms with E-state index in [0.717, 1.165) is 5.56 Å². The average molecular weight is 344 g/mol. The summed E-state index contributed by atoms with van der Waals surface area (Å²) in [5, 5.41) is 18.8. The topological polar surface area (TPSA) is 112 Å². The van der Waals surface area contributed by atoms with Crippen LogP contribution in [0.3, 0.4) is 0 Å². The van der Waals surface area contributed by atoms with E-state index in [0.29, 0.717) is 30.7 Å². The molecule has 8 nitrogen and oxygen atoms in total. The predicted molar refractivity (Wildman–Crippen MR) is 93.3 cm³/mol. The van der Waals surface area contributed by atoms with Gasteiger partial charge in [0.1, 0.15) is 5.41 Å². The fourth-order valence-corrected chi connectivity index (χ4v) is 2.42. The molecule has 8 heteroatoms. The van der Waals surface area contributed by atoms with E-state index in [1.807, 2.05) is 20.8 Å². The molecule has 0 saturated heterocycles. The second-order valence-corrected chi connectivity index (χ2v) is 5.20. The van der Waals surface area contributed by atoms with Gasteiger partial charge in [0.25, 0.3) is 0 Å². The average Bonchev–Trinajstić information content (AvgIpc) is 3.07. The van der Waals surface area contributed by atoms with Crippen molar-refractivity contribution in [1.82, 2.24) is 25.2 Å². The summed E-state index contributed by atoms with van der Waals surface area (Å²) in [5.74, 6) is -0.304. The summed E-state index contributed by atoms with van der Waals surface area (Å²) in [6.07, 6.45) is 4.60. The number of nitrogens with zero attached hydrogens (tertiary/aromatic N) is 4. The second kappa shape index (κ2) is 9.37. The van der Waals surface area contributed by atoms with Crippen LogP contribution in [0.5, 0.6) is 0 Å². The van der Waals surface area contributed by atoms with Crippen molar-refractivity contribution >= 4 is 18.0 Å². The lowest BCUT2D eigenvalue weighted by atomic mass is 9.80. The minimum atomic E-state index is -1.12. The number of hydrogen-bond donors (Lipinski definition) is 2. The van der Waals surface area contributed by atoms with Gasteiger partial charge in [-0.25, -0.2) is 9.50 Å². The predicted octanol–water partition coefficient (Wildman–Crippen LogP) is 1.21. The van der Waals surface area contributed by atoms with Crippen molar-refractivity contribution < 1.29 is 9.59 Å². The van der Waals surface area contributed by atoms with Crippen molar-refractivity contribution in [3.05, 3.63) is 29.7 Å². The maximum atomic E-state index is 12.1. The van der Waals surface area contributed by atoms with Crippen LogP contribution in [-0.4, -0.2) is 34.0 Å².